The number of aromatic nitrogens is 2. The van der Waals surface area contributed by atoms with Gasteiger partial charge in [0.25, 0.3) is 0 Å². The van der Waals surface area contributed by atoms with Crippen LogP contribution in [0.1, 0.15) is 24.6 Å². The predicted octanol–water partition coefficient (Wildman–Crippen LogP) is 1.88. The Kier molecular flexibility index (Phi) is 6.44. The summed E-state index contributed by atoms with van der Waals surface area (Å²) in [4.78, 5) is 4.90. The number of nitrogens with zero attached hydrogens (tertiary/aromatic N) is 3. The van der Waals surface area contributed by atoms with E-state index in [4.69, 9.17) is 4.74 Å². The molecule has 0 radical (unpaired) electrons. The van der Waals surface area contributed by atoms with Gasteiger partial charge in [0, 0.05) is 62.8 Å². The van der Waals surface area contributed by atoms with E-state index in [-0.39, 0.29) is 6.61 Å². The Morgan fingerprint density at radius 2 is 2.12 bits per heavy atom. The molecular weight excluding hydrogens is 316 g/mol. The van der Waals surface area contributed by atoms with E-state index in [0.29, 0.717) is 12.6 Å². The minimum absolute atomic E-state index is 0.214. The Labute approximate surface area is 149 Å². The fraction of sp³-hybridized carbons (Fsp3) is 0.526. The molecule has 136 valence electrons. The second kappa shape index (κ2) is 8.99. The topological polar surface area (TPSA) is 64.6 Å². The van der Waals surface area contributed by atoms with Gasteiger partial charge in [-0.25, -0.2) is 0 Å². The molecule has 0 aliphatic carbocycles. The highest BCUT2D eigenvalue weighted by Gasteiger charge is 2.27. The molecule has 6 heteroatoms. The van der Waals surface area contributed by atoms with Crippen molar-refractivity contribution in [3.8, 4) is 5.75 Å². The first-order valence-corrected chi connectivity index (χ1v) is 9.06. The number of benzene rings is 1. The summed E-state index contributed by atoms with van der Waals surface area (Å²) in [6.07, 6.45) is 2.58. The zero-order valence-electron chi connectivity index (χ0n) is 14.9. The molecule has 1 aliphatic rings. The van der Waals surface area contributed by atoms with E-state index in [9.17, 15) is 5.11 Å². The fourth-order valence-electron chi connectivity index (χ4n) is 3.50. The van der Waals surface area contributed by atoms with Crippen LogP contribution in [0.5, 0.6) is 5.75 Å². The van der Waals surface area contributed by atoms with E-state index in [1.54, 1.807) is 6.20 Å². The lowest BCUT2D eigenvalue weighted by molar-refractivity contribution is 0.0488. The van der Waals surface area contributed by atoms with Crippen molar-refractivity contribution in [3.05, 3.63) is 47.8 Å². The van der Waals surface area contributed by atoms with Crippen LogP contribution in [-0.4, -0.2) is 64.0 Å². The molecule has 25 heavy (non-hydrogen) atoms. The third kappa shape index (κ3) is 4.81. The number of para-hydroxylation sites is 1. The van der Waals surface area contributed by atoms with Crippen LogP contribution < -0.4 is 4.74 Å². The summed E-state index contributed by atoms with van der Waals surface area (Å²) in [5.74, 6) is 0.965. The lowest BCUT2D eigenvalue weighted by atomic mass is 10.1. The molecule has 2 heterocycles. The maximum atomic E-state index is 9.50. The summed E-state index contributed by atoms with van der Waals surface area (Å²) in [5.41, 5.74) is 2.35. The van der Waals surface area contributed by atoms with E-state index < -0.39 is 0 Å². The monoisotopic (exact) mass is 344 g/mol. The molecule has 1 aliphatic heterocycles. The lowest BCUT2D eigenvalue weighted by Crippen LogP contribution is -2.52. The molecule has 2 aromatic rings. The van der Waals surface area contributed by atoms with Crippen molar-refractivity contribution in [1.29, 1.82) is 0 Å². The van der Waals surface area contributed by atoms with Crippen molar-refractivity contribution in [2.75, 3.05) is 32.8 Å². The number of H-pyrrole nitrogens is 1. The number of aliphatic hydroxyl groups excluding tert-OH is 1. The SMILES string of the molecule is CCOc1ccccc1CN1CCN(Cc2ccn[nH]2)C[C@H]1CCO. The molecule has 0 unspecified atom stereocenters. The van der Waals surface area contributed by atoms with Gasteiger partial charge in [0.2, 0.25) is 0 Å². The summed E-state index contributed by atoms with van der Waals surface area (Å²) >= 11 is 0. The number of aromatic amines is 1. The summed E-state index contributed by atoms with van der Waals surface area (Å²) in [7, 11) is 0. The third-order valence-electron chi connectivity index (χ3n) is 4.75. The van der Waals surface area contributed by atoms with E-state index in [1.807, 2.05) is 25.1 Å². The second-order valence-corrected chi connectivity index (χ2v) is 6.49. The van der Waals surface area contributed by atoms with Crippen molar-refractivity contribution in [2.45, 2.75) is 32.5 Å². The highest BCUT2D eigenvalue weighted by Crippen LogP contribution is 2.23. The molecule has 1 saturated heterocycles. The lowest BCUT2D eigenvalue weighted by Gasteiger charge is -2.41. The van der Waals surface area contributed by atoms with Gasteiger partial charge in [-0.1, -0.05) is 18.2 Å². The largest absolute Gasteiger partial charge is 0.494 e. The Bertz CT molecular complexity index is 632. The molecule has 1 aromatic carbocycles. The number of piperazine rings is 1. The van der Waals surface area contributed by atoms with Gasteiger partial charge in [0.1, 0.15) is 5.75 Å². The van der Waals surface area contributed by atoms with Crippen LogP contribution in [0.15, 0.2) is 36.5 Å². The smallest absolute Gasteiger partial charge is 0.123 e. The van der Waals surface area contributed by atoms with Crippen molar-refractivity contribution in [3.63, 3.8) is 0 Å². The first kappa shape index (κ1) is 17.9. The molecule has 0 spiro atoms. The van der Waals surface area contributed by atoms with Gasteiger partial charge < -0.3 is 9.84 Å². The average molecular weight is 344 g/mol. The van der Waals surface area contributed by atoms with Gasteiger partial charge in [-0.3, -0.25) is 14.9 Å². The first-order chi connectivity index (χ1) is 12.3. The zero-order chi connectivity index (χ0) is 17.5. The maximum Gasteiger partial charge on any atom is 0.123 e. The molecule has 0 bridgehead atoms. The van der Waals surface area contributed by atoms with Crippen LogP contribution >= 0.6 is 0 Å². The van der Waals surface area contributed by atoms with Gasteiger partial charge in [0.15, 0.2) is 0 Å². The Morgan fingerprint density at radius 3 is 2.88 bits per heavy atom. The van der Waals surface area contributed by atoms with Crippen molar-refractivity contribution < 1.29 is 9.84 Å². The van der Waals surface area contributed by atoms with Crippen molar-refractivity contribution in [2.24, 2.45) is 0 Å². The maximum absolute atomic E-state index is 9.50. The molecule has 6 nitrogen and oxygen atoms in total. The molecule has 0 amide bonds. The molecule has 1 aromatic heterocycles. The minimum atomic E-state index is 0.214. The summed E-state index contributed by atoms with van der Waals surface area (Å²) in [6.45, 7) is 7.60. The molecule has 1 atom stereocenters. The summed E-state index contributed by atoms with van der Waals surface area (Å²) in [5, 5.41) is 16.6. The second-order valence-electron chi connectivity index (χ2n) is 6.49. The molecular formula is C19H28N4O2. The molecule has 0 saturated carbocycles. The van der Waals surface area contributed by atoms with Gasteiger partial charge in [0.05, 0.1) is 6.61 Å². The Balaban J connectivity index is 1.65. The highest BCUT2D eigenvalue weighted by atomic mass is 16.5. The van der Waals surface area contributed by atoms with Crippen LogP contribution in [0.4, 0.5) is 0 Å². The molecule has 1 fully saturated rings. The van der Waals surface area contributed by atoms with Gasteiger partial charge >= 0.3 is 0 Å². The third-order valence-corrected chi connectivity index (χ3v) is 4.75. The molecule has 3 rings (SSSR count). The molecule has 2 N–H and O–H groups in total. The first-order valence-electron chi connectivity index (χ1n) is 9.06. The number of aliphatic hydroxyl groups is 1. The number of hydrogen-bond donors (Lipinski definition) is 2. The van der Waals surface area contributed by atoms with E-state index >= 15 is 0 Å². The van der Waals surface area contributed by atoms with Crippen molar-refractivity contribution >= 4 is 0 Å². The van der Waals surface area contributed by atoms with Crippen molar-refractivity contribution in [1.82, 2.24) is 20.0 Å². The summed E-state index contributed by atoms with van der Waals surface area (Å²) < 4.78 is 5.77. The highest BCUT2D eigenvalue weighted by molar-refractivity contribution is 5.33. The van der Waals surface area contributed by atoms with Crippen LogP contribution in [0.3, 0.4) is 0 Å². The van der Waals surface area contributed by atoms with E-state index in [2.05, 4.69) is 32.1 Å². The van der Waals surface area contributed by atoms with Gasteiger partial charge in [-0.05, 0) is 25.5 Å². The van der Waals surface area contributed by atoms with Gasteiger partial charge in [-0.15, -0.1) is 0 Å². The Hall–Kier alpha value is -1.89. The Morgan fingerprint density at radius 1 is 1.24 bits per heavy atom. The number of ether oxygens (including phenoxy) is 1. The van der Waals surface area contributed by atoms with Gasteiger partial charge in [-0.2, -0.15) is 5.10 Å². The number of hydrogen-bond acceptors (Lipinski definition) is 5. The summed E-state index contributed by atoms with van der Waals surface area (Å²) in [6, 6.07) is 10.6. The predicted molar refractivity (Wildman–Crippen MR) is 97.4 cm³/mol. The fourth-order valence-corrected chi connectivity index (χ4v) is 3.50. The van der Waals surface area contributed by atoms with E-state index in [1.165, 1.54) is 5.56 Å². The quantitative estimate of drug-likeness (QED) is 0.765. The zero-order valence-corrected chi connectivity index (χ0v) is 14.9. The minimum Gasteiger partial charge on any atom is -0.494 e. The van der Waals surface area contributed by atoms with Crippen LogP contribution in [0.2, 0.25) is 0 Å². The van der Waals surface area contributed by atoms with Crippen LogP contribution in [-0.2, 0) is 13.1 Å². The average Bonchev–Trinajstić information content (AvgIpc) is 3.12. The number of rotatable bonds is 8. The van der Waals surface area contributed by atoms with E-state index in [0.717, 1.165) is 50.6 Å². The standard InChI is InChI=1S/C19H28N4O2/c1-2-25-19-6-4-3-5-16(19)13-23-11-10-22(15-18(23)8-12-24)14-17-7-9-20-21-17/h3-7,9,18,24H,2,8,10-15H2,1H3,(H,20,21)/t18-/m1/s1. The van der Waals surface area contributed by atoms with Crippen LogP contribution in [0, 0.1) is 0 Å². The van der Waals surface area contributed by atoms with Crippen LogP contribution in [0.25, 0.3) is 0 Å². The number of nitrogens with one attached hydrogen (secondary N) is 1. The normalized spacial score (nSPS) is 19.2.